The molecule has 0 saturated heterocycles. The first kappa shape index (κ1) is 12.4. The molecule has 0 aromatic heterocycles. The predicted molar refractivity (Wildman–Crippen MR) is 90.5 cm³/mol. The molecular formula is C21H18. The largest absolute Gasteiger partial charge is 0.0801 e. The van der Waals surface area contributed by atoms with Crippen LogP contribution in [-0.4, -0.2) is 0 Å². The molecule has 21 heavy (non-hydrogen) atoms. The molecule has 0 N–H and O–H groups in total. The second-order valence-corrected chi connectivity index (χ2v) is 5.88. The average molecular weight is 270 g/mol. The first-order valence-electron chi connectivity index (χ1n) is 7.57. The van der Waals surface area contributed by atoms with Crippen LogP contribution in [0.1, 0.15) is 23.5 Å². The second kappa shape index (κ2) is 4.89. The predicted octanol–water partition coefficient (Wildman–Crippen LogP) is 5.61. The van der Waals surface area contributed by atoms with E-state index < -0.39 is 0 Å². The van der Waals surface area contributed by atoms with Crippen molar-refractivity contribution in [1.82, 2.24) is 0 Å². The first-order valence-corrected chi connectivity index (χ1v) is 7.57. The molecule has 2 aromatic carbocycles. The van der Waals surface area contributed by atoms with E-state index in [2.05, 4.69) is 79.8 Å². The zero-order valence-corrected chi connectivity index (χ0v) is 12.2. The first-order chi connectivity index (χ1) is 10.3. The van der Waals surface area contributed by atoms with Crippen molar-refractivity contribution in [2.24, 2.45) is 0 Å². The SMILES string of the molecule is Cc1cc(C2C=CC3=C2C=CC=CC3)c2ccccc2c1. The van der Waals surface area contributed by atoms with E-state index in [0.29, 0.717) is 5.92 Å². The van der Waals surface area contributed by atoms with E-state index in [-0.39, 0.29) is 0 Å². The Morgan fingerprint density at radius 1 is 1.00 bits per heavy atom. The maximum absolute atomic E-state index is 2.36. The lowest BCUT2D eigenvalue weighted by Crippen LogP contribution is -1.98. The summed E-state index contributed by atoms with van der Waals surface area (Å²) in [5.74, 6) is 0.390. The van der Waals surface area contributed by atoms with Crippen LogP contribution in [0.5, 0.6) is 0 Å². The zero-order chi connectivity index (χ0) is 14.2. The smallest absolute Gasteiger partial charge is 0.0281 e. The number of hydrogen-bond acceptors (Lipinski definition) is 0. The van der Waals surface area contributed by atoms with Gasteiger partial charge in [0.15, 0.2) is 0 Å². The number of allylic oxidation sites excluding steroid dienone is 8. The fraction of sp³-hybridized carbons (Fsp3) is 0.143. The minimum absolute atomic E-state index is 0.390. The van der Waals surface area contributed by atoms with Gasteiger partial charge in [-0.15, -0.1) is 0 Å². The van der Waals surface area contributed by atoms with Gasteiger partial charge in [-0.25, -0.2) is 0 Å². The standard InChI is InChI=1S/C21H18/c1-15-13-17-8-5-6-10-19(17)21(14-15)20-12-11-16-7-3-2-4-9-18(16)20/h2-6,8-14,20H,7H2,1H3. The second-order valence-electron chi connectivity index (χ2n) is 5.88. The van der Waals surface area contributed by atoms with Crippen molar-refractivity contribution in [3.63, 3.8) is 0 Å². The Morgan fingerprint density at radius 3 is 2.86 bits per heavy atom. The summed E-state index contributed by atoms with van der Waals surface area (Å²) in [6, 6.07) is 13.3. The third kappa shape index (κ3) is 2.08. The molecule has 1 atom stereocenters. The monoisotopic (exact) mass is 270 g/mol. The van der Waals surface area contributed by atoms with Gasteiger partial charge in [0.1, 0.15) is 0 Å². The summed E-state index contributed by atoms with van der Waals surface area (Å²) in [5, 5.41) is 2.71. The fourth-order valence-corrected chi connectivity index (χ4v) is 3.47. The Morgan fingerprint density at radius 2 is 1.90 bits per heavy atom. The Labute approximate surface area is 125 Å². The molecule has 0 fully saturated rings. The van der Waals surface area contributed by atoms with E-state index >= 15 is 0 Å². The molecule has 0 bridgehead atoms. The highest BCUT2D eigenvalue weighted by Gasteiger charge is 2.22. The topological polar surface area (TPSA) is 0 Å². The highest BCUT2D eigenvalue weighted by atomic mass is 14.3. The Bertz CT molecular complexity index is 828. The van der Waals surface area contributed by atoms with Crippen LogP contribution in [0, 0.1) is 6.92 Å². The Balaban J connectivity index is 1.92. The molecule has 0 heterocycles. The molecule has 0 spiro atoms. The number of fused-ring (bicyclic) bond motifs is 1. The van der Waals surface area contributed by atoms with Gasteiger partial charge in [0.05, 0.1) is 0 Å². The number of rotatable bonds is 1. The van der Waals surface area contributed by atoms with Gasteiger partial charge in [-0.3, -0.25) is 0 Å². The quantitative estimate of drug-likeness (QED) is 0.631. The minimum atomic E-state index is 0.390. The van der Waals surface area contributed by atoms with Crippen LogP contribution in [0.3, 0.4) is 0 Å². The Hall–Kier alpha value is -2.34. The molecule has 2 aliphatic rings. The zero-order valence-electron chi connectivity index (χ0n) is 12.2. The Kier molecular flexibility index (Phi) is 2.89. The van der Waals surface area contributed by atoms with Gasteiger partial charge < -0.3 is 0 Å². The molecule has 0 radical (unpaired) electrons. The van der Waals surface area contributed by atoms with Crippen molar-refractivity contribution in [1.29, 1.82) is 0 Å². The maximum atomic E-state index is 2.36. The summed E-state index contributed by atoms with van der Waals surface area (Å²) in [6.45, 7) is 2.19. The van der Waals surface area contributed by atoms with Gasteiger partial charge >= 0.3 is 0 Å². The summed E-state index contributed by atoms with van der Waals surface area (Å²) < 4.78 is 0. The molecule has 0 heteroatoms. The minimum Gasteiger partial charge on any atom is -0.0801 e. The fourth-order valence-electron chi connectivity index (χ4n) is 3.47. The van der Waals surface area contributed by atoms with E-state index in [1.165, 1.54) is 33.0 Å². The lowest BCUT2D eigenvalue weighted by Gasteiger charge is -2.16. The van der Waals surface area contributed by atoms with Crippen molar-refractivity contribution in [2.75, 3.05) is 0 Å². The van der Waals surface area contributed by atoms with Crippen LogP contribution in [0.25, 0.3) is 10.8 Å². The van der Waals surface area contributed by atoms with Crippen LogP contribution in [0.15, 0.2) is 84.0 Å². The summed E-state index contributed by atoms with van der Waals surface area (Å²) in [4.78, 5) is 0. The lowest BCUT2D eigenvalue weighted by atomic mass is 9.87. The third-order valence-electron chi connectivity index (χ3n) is 4.43. The molecule has 0 aliphatic heterocycles. The summed E-state index contributed by atoms with van der Waals surface area (Å²) in [7, 11) is 0. The highest BCUT2D eigenvalue weighted by Crippen LogP contribution is 2.40. The molecule has 0 nitrogen and oxygen atoms in total. The van der Waals surface area contributed by atoms with E-state index in [9.17, 15) is 0 Å². The molecular weight excluding hydrogens is 252 g/mol. The molecule has 2 aromatic rings. The van der Waals surface area contributed by atoms with Crippen molar-refractivity contribution >= 4 is 10.8 Å². The number of aryl methyl sites for hydroxylation is 1. The molecule has 0 amide bonds. The summed E-state index contributed by atoms with van der Waals surface area (Å²) in [5.41, 5.74) is 5.67. The number of benzene rings is 2. The molecule has 1 unspecified atom stereocenters. The highest BCUT2D eigenvalue weighted by molar-refractivity contribution is 5.88. The van der Waals surface area contributed by atoms with Crippen molar-refractivity contribution in [3.8, 4) is 0 Å². The lowest BCUT2D eigenvalue weighted by molar-refractivity contribution is 1.05. The molecule has 2 aliphatic carbocycles. The van der Waals surface area contributed by atoms with E-state index in [0.717, 1.165) is 6.42 Å². The molecule has 4 rings (SSSR count). The maximum Gasteiger partial charge on any atom is 0.0281 e. The summed E-state index contributed by atoms with van der Waals surface area (Å²) >= 11 is 0. The van der Waals surface area contributed by atoms with Gasteiger partial charge in [-0.2, -0.15) is 0 Å². The average Bonchev–Trinajstić information content (AvgIpc) is 2.74. The molecule has 0 saturated carbocycles. The summed E-state index contributed by atoms with van der Waals surface area (Å²) in [6.07, 6.45) is 14.5. The van der Waals surface area contributed by atoms with Crippen molar-refractivity contribution in [3.05, 3.63) is 95.1 Å². The van der Waals surface area contributed by atoms with Crippen LogP contribution in [0.2, 0.25) is 0 Å². The van der Waals surface area contributed by atoms with E-state index in [1.807, 2.05) is 0 Å². The van der Waals surface area contributed by atoms with Gasteiger partial charge in [0.2, 0.25) is 0 Å². The third-order valence-corrected chi connectivity index (χ3v) is 4.43. The normalized spacial score (nSPS) is 20.1. The van der Waals surface area contributed by atoms with Crippen molar-refractivity contribution in [2.45, 2.75) is 19.3 Å². The van der Waals surface area contributed by atoms with Crippen LogP contribution >= 0.6 is 0 Å². The molecule has 102 valence electrons. The van der Waals surface area contributed by atoms with Gasteiger partial charge in [-0.05, 0) is 40.8 Å². The van der Waals surface area contributed by atoms with Crippen LogP contribution in [-0.2, 0) is 0 Å². The van der Waals surface area contributed by atoms with Crippen molar-refractivity contribution < 1.29 is 0 Å². The van der Waals surface area contributed by atoms with E-state index in [4.69, 9.17) is 0 Å². The number of hydrogen-bond donors (Lipinski definition) is 0. The van der Waals surface area contributed by atoms with Crippen LogP contribution in [0.4, 0.5) is 0 Å². The van der Waals surface area contributed by atoms with Gasteiger partial charge in [-0.1, -0.05) is 78.4 Å². The van der Waals surface area contributed by atoms with Crippen LogP contribution < -0.4 is 0 Å². The van der Waals surface area contributed by atoms with Gasteiger partial charge in [0, 0.05) is 5.92 Å². The van der Waals surface area contributed by atoms with E-state index in [1.54, 1.807) is 0 Å². The van der Waals surface area contributed by atoms with Gasteiger partial charge in [0.25, 0.3) is 0 Å².